The van der Waals surface area contributed by atoms with Crippen LogP contribution in [0, 0.1) is 0 Å². The number of rotatable bonds is 5. The Morgan fingerprint density at radius 1 is 1.04 bits per heavy atom. The van der Waals surface area contributed by atoms with E-state index < -0.39 is 5.97 Å². The molecule has 0 amide bonds. The molecule has 1 aliphatic heterocycles. The van der Waals surface area contributed by atoms with E-state index in [0.29, 0.717) is 28.4 Å². The van der Waals surface area contributed by atoms with Gasteiger partial charge in [0.25, 0.3) is 0 Å². The summed E-state index contributed by atoms with van der Waals surface area (Å²) in [5.41, 5.74) is 1.50. The zero-order valence-electron chi connectivity index (χ0n) is 14.4. The summed E-state index contributed by atoms with van der Waals surface area (Å²) in [6.07, 6.45) is 1.61. The fourth-order valence-corrected chi connectivity index (χ4v) is 3.05. The highest BCUT2D eigenvalue weighted by molar-refractivity contribution is 9.10. The van der Waals surface area contributed by atoms with Gasteiger partial charge in [-0.05, 0) is 46.3 Å². The van der Waals surface area contributed by atoms with E-state index in [1.165, 1.54) is 7.11 Å². The Morgan fingerprint density at radius 2 is 1.81 bits per heavy atom. The molecule has 134 valence electrons. The van der Waals surface area contributed by atoms with E-state index in [9.17, 15) is 4.79 Å². The second-order valence-corrected chi connectivity index (χ2v) is 6.12. The van der Waals surface area contributed by atoms with Crippen LogP contribution < -0.4 is 14.2 Å². The van der Waals surface area contributed by atoms with Gasteiger partial charge in [0.2, 0.25) is 5.90 Å². The molecule has 0 N–H and O–H groups in total. The second kappa shape index (κ2) is 7.61. The van der Waals surface area contributed by atoms with Gasteiger partial charge in [0.1, 0.15) is 5.75 Å². The maximum atomic E-state index is 12.2. The van der Waals surface area contributed by atoms with Gasteiger partial charge in [0, 0.05) is 11.1 Å². The molecule has 26 heavy (non-hydrogen) atoms. The number of aliphatic imine (C=N–C) groups is 1. The molecule has 0 spiro atoms. The highest BCUT2D eigenvalue weighted by Gasteiger charge is 2.25. The number of benzene rings is 2. The number of nitrogens with zero attached hydrogens (tertiary/aromatic N) is 1. The minimum Gasteiger partial charge on any atom is -0.496 e. The van der Waals surface area contributed by atoms with E-state index in [1.807, 2.05) is 0 Å². The summed E-state index contributed by atoms with van der Waals surface area (Å²) < 4.78 is 21.9. The highest BCUT2D eigenvalue weighted by Crippen LogP contribution is 2.33. The van der Waals surface area contributed by atoms with Crippen LogP contribution in [0.2, 0.25) is 0 Å². The minimum atomic E-state index is -0.531. The summed E-state index contributed by atoms with van der Waals surface area (Å²) in [7, 11) is 4.67. The molecule has 0 aliphatic carbocycles. The molecule has 1 heterocycles. The van der Waals surface area contributed by atoms with Crippen LogP contribution in [0.1, 0.15) is 11.1 Å². The third-order valence-electron chi connectivity index (χ3n) is 3.74. The molecule has 0 fully saturated rings. The summed E-state index contributed by atoms with van der Waals surface area (Å²) in [4.78, 5) is 16.5. The summed E-state index contributed by atoms with van der Waals surface area (Å²) in [6.45, 7) is 0. The summed E-state index contributed by atoms with van der Waals surface area (Å²) in [6, 6.07) is 10.7. The molecule has 2 aromatic rings. The van der Waals surface area contributed by atoms with Crippen LogP contribution in [0.4, 0.5) is 0 Å². The SMILES string of the molecule is COc1ccc(C2=N/C(=C\c3cccc(OC)c3OC)C(=O)O2)cc1Br. The predicted octanol–water partition coefficient (Wildman–Crippen LogP) is 3.82. The number of ether oxygens (including phenoxy) is 4. The van der Waals surface area contributed by atoms with Crippen LogP contribution in [0.25, 0.3) is 6.08 Å². The second-order valence-electron chi connectivity index (χ2n) is 5.27. The Kier molecular flexibility index (Phi) is 5.27. The Balaban J connectivity index is 1.98. The highest BCUT2D eigenvalue weighted by atomic mass is 79.9. The minimum absolute atomic E-state index is 0.179. The van der Waals surface area contributed by atoms with Crippen LogP contribution in [0.3, 0.4) is 0 Å². The van der Waals surface area contributed by atoms with Crippen molar-refractivity contribution in [3.8, 4) is 17.2 Å². The Labute approximate surface area is 159 Å². The zero-order chi connectivity index (χ0) is 18.7. The Bertz CT molecular complexity index is 920. The van der Waals surface area contributed by atoms with E-state index in [-0.39, 0.29) is 11.6 Å². The number of carbonyl (C=O) groups excluding carboxylic acids is 1. The van der Waals surface area contributed by atoms with Crippen molar-refractivity contribution < 1.29 is 23.7 Å². The Morgan fingerprint density at radius 3 is 2.46 bits per heavy atom. The maximum absolute atomic E-state index is 12.2. The molecule has 2 aromatic carbocycles. The van der Waals surface area contributed by atoms with E-state index in [4.69, 9.17) is 18.9 Å². The number of methoxy groups -OCH3 is 3. The standard InChI is InChI=1S/C19H16BrNO5/c1-23-15-8-7-12(9-13(15)20)18-21-14(19(22)26-18)10-11-5-4-6-16(24-2)17(11)25-3/h4-10H,1-3H3/b14-10-. The first-order chi connectivity index (χ1) is 12.6. The number of para-hydroxylation sites is 1. The van der Waals surface area contributed by atoms with Crippen molar-refractivity contribution in [3.63, 3.8) is 0 Å². The zero-order valence-corrected chi connectivity index (χ0v) is 16.0. The third-order valence-corrected chi connectivity index (χ3v) is 4.36. The topological polar surface area (TPSA) is 66.3 Å². The molecule has 0 bridgehead atoms. The van der Waals surface area contributed by atoms with Crippen LogP contribution >= 0.6 is 15.9 Å². The average Bonchev–Trinajstić information content (AvgIpc) is 3.02. The van der Waals surface area contributed by atoms with Gasteiger partial charge in [-0.1, -0.05) is 12.1 Å². The van der Waals surface area contributed by atoms with Gasteiger partial charge in [-0.25, -0.2) is 9.79 Å². The summed E-state index contributed by atoms with van der Waals surface area (Å²) in [5, 5.41) is 0. The van der Waals surface area contributed by atoms with Gasteiger partial charge in [-0.15, -0.1) is 0 Å². The first kappa shape index (κ1) is 18.0. The van der Waals surface area contributed by atoms with Gasteiger partial charge in [-0.3, -0.25) is 0 Å². The van der Waals surface area contributed by atoms with E-state index in [1.54, 1.807) is 56.7 Å². The van der Waals surface area contributed by atoms with Gasteiger partial charge in [0.05, 0.1) is 25.8 Å². The summed E-state index contributed by atoms with van der Waals surface area (Å²) >= 11 is 3.41. The van der Waals surface area contributed by atoms with Gasteiger partial charge in [-0.2, -0.15) is 0 Å². The number of carbonyl (C=O) groups is 1. The summed E-state index contributed by atoms with van der Waals surface area (Å²) in [5.74, 6) is 1.46. The predicted molar refractivity (Wildman–Crippen MR) is 101 cm³/mol. The first-order valence-corrected chi connectivity index (χ1v) is 8.44. The maximum Gasteiger partial charge on any atom is 0.363 e. The molecule has 0 saturated heterocycles. The van der Waals surface area contributed by atoms with Gasteiger partial charge in [0.15, 0.2) is 17.2 Å². The number of hydrogen-bond acceptors (Lipinski definition) is 6. The van der Waals surface area contributed by atoms with E-state index in [2.05, 4.69) is 20.9 Å². The van der Waals surface area contributed by atoms with Crippen molar-refractivity contribution >= 4 is 33.9 Å². The number of halogens is 1. The van der Waals surface area contributed by atoms with E-state index in [0.717, 1.165) is 4.47 Å². The quantitative estimate of drug-likeness (QED) is 0.546. The fraction of sp³-hybridized carbons (Fsp3) is 0.158. The number of esters is 1. The average molecular weight is 418 g/mol. The third kappa shape index (κ3) is 3.43. The van der Waals surface area contributed by atoms with E-state index >= 15 is 0 Å². The molecule has 7 heteroatoms. The molecule has 0 radical (unpaired) electrons. The Hall–Kier alpha value is -2.80. The lowest BCUT2D eigenvalue weighted by Crippen LogP contribution is -2.05. The van der Waals surface area contributed by atoms with Gasteiger partial charge < -0.3 is 18.9 Å². The first-order valence-electron chi connectivity index (χ1n) is 7.65. The molecule has 1 aliphatic rings. The molecule has 0 atom stereocenters. The van der Waals surface area contributed by atoms with Crippen molar-refractivity contribution in [2.24, 2.45) is 4.99 Å². The van der Waals surface area contributed by atoms with Crippen LogP contribution in [0.5, 0.6) is 17.2 Å². The molecule has 0 saturated carbocycles. The lowest BCUT2D eigenvalue weighted by atomic mass is 10.1. The molecule has 3 rings (SSSR count). The lowest BCUT2D eigenvalue weighted by molar-refractivity contribution is -0.129. The molecule has 0 unspecified atom stereocenters. The molecule has 0 aromatic heterocycles. The van der Waals surface area contributed by atoms with Crippen molar-refractivity contribution in [2.75, 3.05) is 21.3 Å². The molecular weight excluding hydrogens is 402 g/mol. The van der Waals surface area contributed by atoms with Crippen LogP contribution in [-0.2, 0) is 9.53 Å². The van der Waals surface area contributed by atoms with Crippen molar-refractivity contribution in [2.45, 2.75) is 0 Å². The number of cyclic esters (lactones) is 1. The fourth-order valence-electron chi connectivity index (χ4n) is 2.50. The van der Waals surface area contributed by atoms with Crippen molar-refractivity contribution in [3.05, 3.63) is 57.7 Å². The lowest BCUT2D eigenvalue weighted by Gasteiger charge is -2.09. The smallest absolute Gasteiger partial charge is 0.363 e. The van der Waals surface area contributed by atoms with Gasteiger partial charge >= 0.3 is 5.97 Å². The van der Waals surface area contributed by atoms with Crippen LogP contribution in [-0.4, -0.2) is 33.2 Å². The van der Waals surface area contributed by atoms with Crippen molar-refractivity contribution in [1.29, 1.82) is 0 Å². The molecule has 6 nitrogen and oxygen atoms in total. The largest absolute Gasteiger partial charge is 0.496 e. The normalized spacial score (nSPS) is 14.8. The number of hydrogen-bond donors (Lipinski definition) is 0. The van der Waals surface area contributed by atoms with Crippen LogP contribution in [0.15, 0.2) is 51.6 Å². The monoisotopic (exact) mass is 417 g/mol. The van der Waals surface area contributed by atoms with Crippen molar-refractivity contribution in [1.82, 2.24) is 0 Å². The molecular formula is C19H16BrNO5.